The molecular weight excluding hydrogens is 721 g/mol. The van der Waals surface area contributed by atoms with Gasteiger partial charge in [-0.1, -0.05) is 166 Å². The number of hydrogen-bond acceptors (Lipinski definition) is 3. The van der Waals surface area contributed by atoms with Crippen LogP contribution in [-0.4, -0.2) is 9.97 Å². The molecule has 0 amide bonds. The Bertz CT molecular complexity index is 3190. The average molecular weight is 759 g/mol. The second-order valence-corrected chi connectivity index (χ2v) is 16.8. The summed E-state index contributed by atoms with van der Waals surface area (Å²) in [4.78, 5) is 10.7. The molecular formula is C55H38N2S. The molecule has 274 valence electrons. The lowest BCUT2D eigenvalue weighted by Gasteiger charge is -2.22. The maximum atomic E-state index is 5.38. The van der Waals surface area contributed by atoms with Crippen LogP contribution in [-0.2, 0) is 5.41 Å². The van der Waals surface area contributed by atoms with E-state index in [-0.39, 0.29) is 5.41 Å². The molecule has 2 nitrogen and oxygen atoms in total. The second kappa shape index (κ2) is 13.6. The topological polar surface area (TPSA) is 25.8 Å². The number of hydrogen-bond donors (Lipinski definition) is 0. The molecule has 0 spiro atoms. The SMILES string of the molecule is CC1(C)c2ccccc2-c2ccc(-c3cc(-c4cc(-c5ccccc5-c5ccccc5)cc(-c5cccc6sc7ccccc7c56)c4)nc(-c4ccccc4)n3)cc21. The van der Waals surface area contributed by atoms with Crippen LogP contribution in [0.4, 0.5) is 0 Å². The molecule has 1 aliphatic carbocycles. The molecule has 0 atom stereocenters. The van der Waals surface area contributed by atoms with E-state index in [2.05, 4.69) is 202 Å². The van der Waals surface area contributed by atoms with Gasteiger partial charge < -0.3 is 0 Å². The molecule has 11 rings (SSSR count). The zero-order valence-corrected chi connectivity index (χ0v) is 33.1. The van der Waals surface area contributed by atoms with Crippen LogP contribution in [0.5, 0.6) is 0 Å². The first-order chi connectivity index (χ1) is 28.5. The minimum atomic E-state index is -0.123. The quantitative estimate of drug-likeness (QED) is 0.169. The Morgan fingerprint density at radius 3 is 1.69 bits per heavy atom. The minimum absolute atomic E-state index is 0.123. The standard InChI is InChI=1S/C55H38N2S/c1-55(2)47-25-13-11-22-44(47)45-29-28-37(33-48(45)55)49-34-50(57-54(56-49)36-18-7-4-8-19-36)40-31-38(42-21-10-9-20-41(42)35-16-5-3-6-17-35)30-39(32-40)43-24-15-27-52-53(43)46-23-12-14-26-51(46)58-52/h3-34H,1-2H3. The monoisotopic (exact) mass is 758 g/mol. The van der Waals surface area contributed by atoms with Crippen LogP contribution in [0, 0.1) is 0 Å². The summed E-state index contributed by atoms with van der Waals surface area (Å²) >= 11 is 1.85. The summed E-state index contributed by atoms with van der Waals surface area (Å²) in [6.07, 6.45) is 0. The van der Waals surface area contributed by atoms with E-state index in [4.69, 9.17) is 9.97 Å². The van der Waals surface area contributed by atoms with E-state index in [0.29, 0.717) is 5.82 Å². The van der Waals surface area contributed by atoms with Crippen molar-refractivity contribution in [2.75, 3.05) is 0 Å². The molecule has 2 aromatic heterocycles. The van der Waals surface area contributed by atoms with Crippen LogP contribution in [0.3, 0.4) is 0 Å². The van der Waals surface area contributed by atoms with Crippen LogP contribution in [0.2, 0.25) is 0 Å². The van der Waals surface area contributed by atoms with Gasteiger partial charge in [0.15, 0.2) is 5.82 Å². The van der Waals surface area contributed by atoms with Crippen molar-refractivity contribution >= 4 is 31.5 Å². The van der Waals surface area contributed by atoms with E-state index >= 15 is 0 Å². The fraction of sp³-hybridized carbons (Fsp3) is 0.0545. The first-order valence-electron chi connectivity index (χ1n) is 19.9. The molecule has 1 aliphatic rings. The molecule has 0 unspecified atom stereocenters. The molecule has 0 N–H and O–H groups in total. The summed E-state index contributed by atoms with van der Waals surface area (Å²) in [6.45, 7) is 4.67. The number of aromatic nitrogens is 2. The number of nitrogens with zero attached hydrogens (tertiary/aromatic N) is 2. The van der Waals surface area contributed by atoms with Gasteiger partial charge in [0.05, 0.1) is 11.4 Å². The van der Waals surface area contributed by atoms with Gasteiger partial charge in [0.25, 0.3) is 0 Å². The highest BCUT2D eigenvalue weighted by atomic mass is 32.1. The summed E-state index contributed by atoms with van der Waals surface area (Å²) in [6, 6.07) is 70.2. The van der Waals surface area contributed by atoms with Crippen molar-refractivity contribution in [2.45, 2.75) is 19.3 Å². The first kappa shape index (κ1) is 34.3. The normalized spacial score (nSPS) is 12.8. The lowest BCUT2D eigenvalue weighted by atomic mass is 9.82. The van der Waals surface area contributed by atoms with Crippen LogP contribution in [0.25, 0.3) is 98.6 Å². The zero-order valence-electron chi connectivity index (χ0n) is 32.3. The predicted octanol–water partition coefficient (Wildman–Crippen LogP) is 15.2. The molecule has 0 radical (unpaired) electrons. The maximum Gasteiger partial charge on any atom is 0.160 e. The average Bonchev–Trinajstić information content (AvgIpc) is 3.78. The Hall–Kier alpha value is -6.94. The Morgan fingerprint density at radius 2 is 0.914 bits per heavy atom. The van der Waals surface area contributed by atoms with Gasteiger partial charge in [0, 0.05) is 42.3 Å². The summed E-state index contributed by atoms with van der Waals surface area (Å²) in [5.41, 5.74) is 17.2. The minimum Gasteiger partial charge on any atom is -0.228 e. The van der Waals surface area contributed by atoms with Crippen LogP contribution >= 0.6 is 11.3 Å². The van der Waals surface area contributed by atoms with Gasteiger partial charge in [-0.3, -0.25) is 0 Å². The number of benzene rings is 8. The highest BCUT2D eigenvalue weighted by Gasteiger charge is 2.35. The molecule has 3 heteroatoms. The number of thiophene rings is 1. The summed E-state index contributed by atoms with van der Waals surface area (Å²) in [5.74, 6) is 0.707. The lowest BCUT2D eigenvalue weighted by Crippen LogP contribution is -2.14. The maximum absolute atomic E-state index is 5.38. The van der Waals surface area contributed by atoms with E-state index in [9.17, 15) is 0 Å². The van der Waals surface area contributed by atoms with Crippen LogP contribution in [0.1, 0.15) is 25.0 Å². The fourth-order valence-corrected chi connectivity index (χ4v) is 10.2. The van der Waals surface area contributed by atoms with Gasteiger partial charge in [-0.05, 0) is 98.1 Å². The molecule has 0 saturated carbocycles. The van der Waals surface area contributed by atoms with Gasteiger partial charge in [0.2, 0.25) is 0 Å². The van der Waals surface area contributed by atoms with Crippen molar-refractivity contribution in [3.05, 3.63) is 205 Å². The smallest absolute Gasteiger partial charge is 0.160 e. The third-order valence-corrected chi connectivity index (χ3v) is 13.0. The van der Waals surface area contributed by atoms with Crippen molar-refractivity contribution in [3.63, 3.8) is 0 Å². The van der Waals surface area contributed by atoms with Crippen molar-refractivity contribution in [1.82, 2.24) is 9.97 Å². The highest BCUT2D eigenvalue weighted by Crippen LogP contribution is 2.50. The third-order valence-electron chi connectivity index (χ3n) is 11.9. The van der Waals surface area contributed by atoms with E-state index in [1.807, 2.05) is 17.4 Å². The first-order valence-corrected chi connectivity index (χ1v) is 20.7. The molecule has 10 aromatic rings. The molecule has 0 aliphatic heterocycles. The van der Waals surface area contributed by atoms with Crippen molar-refractivity contribution in [1.29, 1.82) is 0 Å². The molecule has 0 saturated heterocycles. The molecule has 2 heterocycles. The Labute approximate surface area is 342 Å². The van der Waals surface area contributed by atoms with Crippen molar-refractivity contribution < 1.29 is 0 Å². The summed E-state index contributed by atoms with van der Waals surface area (Å²) in [7, 11) is 0. The Kier molecular flexibility index (Phi) is 8.06. The molecule has 58 heavy (non-hydrogen) atoms. The lowest BCUT2D eigenvalue weighted by molar-refractivity contribution is 0.660. The summed E-state index contributed by atoms with van der Waals surface area (Å²) in [5, 5.41) is 2.57. The second-order valence-electron chi connectivity index (χ2n) is 15.7. The third kappa shape index (κ3) is 5.69. The van der Waals surface area contributed by atoms with Gasteiger partial charge in [0.1, 0.15) is 0 Å². The van der Waals surface area contributed by atoms with E-state index < -0.39 is 0 Å². The fourth-order valence-electron chi connectivity index (χ4n) is 9.03. The highest BCUT2D eigenvalue weighted by molar-refractivity contribution is 7.25. The van der Waals surface area contributed by atoms with E-state index in [1.165, 1.54) is 64.7 Å². The molecule has 0 bridgehead atoms. The van der Waals surface area contributed by atoms with Crippen molar-refractivity contribution in [2.24, 2.45) is 0 Å². The van der Waals surface area contributed by atoms with Crippen molar-refractivity contribution in [3.8, 4) is 78.4 Å². The van der Waals surface area contributed by atoms with Gasteiger partial charge in [-0.2, -0.15) is 0 Å². The number of fused-ring (bicyclic) bond motifs is 6. The Balaban J connectivity index is 1.16. The van der Waals surface area contributed by atoms with Gasteiger partial charge >= 0.3 is 0 Å². The molecule has 0 fully saturated rings. The van der Waals surface area contributed by atoms with Gasteiger partial charge in [-0.25, -0.2) is 9.97 Å². The Morgan fingerprint density at radius 1 is 0.362 bits per heavy atom. The van der Waals surface area contributed by atoms with Gasteiger partial charge in [-0.15, -0.1) is 11.3 Å². The summed E-state index contributed by atoms with van der Waals surface area (Å²) < 4.78 is 2.58. The number of rotatable bonds is 6. The largest absolute Gasteiger partial charge is 0.228 e. The van der Waals surface area contributed by atoms with E-state index in [1.54, 1.807) is 0 Å². The van der Waals surface area contributed by atoms with E-state index in [0.717, 1.165) is 39.2 Å². The van der Waals surface area contributed by atoms with Crippen LogP contribution in [0.15, 0.2) is 194 Å². The molecule has 8 aromatic carbocycles. The van der Waals surface area contributed by atoms with Crippen LogP contribution < -0.4 is 0 Å². The predicted molar refractivity (Wildman–Crippen MR) is 245 cm³/mol. The zero-order chi connectivity index (χ0) is 38.8.